The van der Waals surface area contributed by atoms with Crippen molar-refractivity contribution >= 4 is 27.5 Å². The molecule has 122 valence electrons. The van der Waals surface area contributed by atoms with Crippen molar-refractivity contribution in [2.75, 3.05) is 6.54 Å². The minimum atomic E-state index is -0.293. The molecule has 1 aliphatic heterocycles. The van der Waals surface area contributed by atoms with Crippen LogP contribution in [-0.4, -0.2) is 23.8 Å². The van der Waals surface area contributed by atoms with E-state index in [0.29, 0.717) is 6.61 Å². The van der Waals surface area contributed by atoms with Gasteiger partial charge in [-0.25, -0.2) is 0 Å². The lowest BCUT2D eigenvalue weighted by molar-refractivity contribution is 0.158. The average Bonchev–Trinajstić information content (AvgIpc) is 2.93. The molecule has 0 amide bonds. The Morgan fingerprint density at radius 1 is 1.22 bits per heavy atom. The zero-order valence-corrected chi connectivity index (χ0v) is 15.0. The maximum absolute atomic E-state index is 10.0. The van der Waals surface area contributed by atoms with Gasteiger partial charge in [0.05, 0.1) is 6.10 Å². The van der Waals surface area contributed by atoms with Gasteiger partial charge in [-0.05, 0) is 60.8 Å². The molecule has 2 N–H and O–H groups in total. The van der Waals surface area contributed by atoms with E-state index in [2.05, 4.69) is 27.3 Å². The average molecular weight is 397 g/mol. The smallest absolute Gasteiger partial charge is 0.123 e. The van der Waals surface area contributed by atoms with Gasteiger partial charge in [0, 0.05) is 15.5 Å². The first kappa shape index (κ1) is 16.8. The molecule has 5 heteroatoms. The summed E-state index contributed by atoms with van der Waals surface area (Å²) in [5.41, 5.74) is 2.16. The van der Waals surface area contributed by atoms with E-state index >= 15 is 0 Å². The number of hydrogen-bond acceptors (Lipinski definition) is 3. The highest BCUT2D eigenvalue weighted by atomic mass is 79.9. The molecule has 0 aromatic heterocycles. The number of aliphatic hydroxyl groups excluding tert-OH is 1. The predicted molar refractivity (Wildman–Crippen MR) is 96.0 cm³/mol. The lowest BCUT2D eigenvalue weighted by Crippen LogP contribution is -2.32. The normalized spacial score (nSPS) is 20.7. The molecule has 1 fully saturated rings. The largest absolute Gasteiger partial charge is 0.489 e. The molecule has 1 heterocycles. The van der Waals surface area contributed by atoms with Gasteiger partial charge in [0.1, 0.15) is 12.4 Å². The second kappa shape index (κ2) is 7.67. The second-order valence-electron chi connectivity index (χ2n) is 5.79. The van der Waals surface area contributed by atoms with Gasteiger partial charge in [-0.1, -0.05) is 39.7 Å². The maximum atomic E-state index is 10.0. The van der Waals surface area contributed by atoms with Gasteiger partial charge < -0.3 is 15.2 Å². The zero-order chi connectivity index (χ0) is 16.2. The topological polar surface area (TPSA) is 41.5 Å². The maximum Gasteiger partial charge on any atom is 0.123 e. The van der Waals surface area contributed by atoms with Gasteiger partial charge in [0.15, 0.2) is 0 Å². The Morgan fingerprint density at radius 2 is 2.00 bits per heavy atom. The lowest BCUT2D eigenvalue weighted by Gasteiger charge is -2.18. The molecule has 2 aromatic rings. The molecule has 0 saturated carbocycles. The highest BCUT2D eigenvalue weighted by Crippen LogP contribution is 2.27. The summed E-state index contributed by atoms with van der Waals surface area (Å²) in [5, 5.41) is 14.1. The van der Waals surface area contributed by atoms with Gasteiger partial charge >= 0.3 is 0 Å². The third-order valence-corrected chi connectivity index (χ3v) is 4.83. The van der Waals surface area contributed by atoms with Crippen molar-refractivity contribution in [1.82, 2.24) is 5.32 Å². The van der Waals surface area contributed by atoms with Crippen LogP contribution in [0.2, 0.25) is 5.02 Å². The highest BCUT2D eigenvalue weighted by Gasteiger charge is 2.25. The summed E-state index contributed by atoms with van der Waals surface area (Å²) in [6.45, 7) is 1.35. The fourth-order valence-electron chi connectivity index (χ4n) is 2.79. The van der Waals surface area contributed by atoms with Gasteiger partial charge in [-0.2, -0.15) is 0 Å². The van der Waals surface area contributed by atoms with Crippen LogP contribution in [0.5, 0.6) is 5.75 Å². The first-order valence-electron chi connectivity index (χ1n) is 7.69. The summed E-state index contributed by atoms with van der Waals surface area (Å²) in [4.78, 5) is 0. The Hall–Kier alpha value is -1.07. The molecule has 0 spiro atoms. The minimum absolute atomic E-state index is 0.0854. The van der Waals surface area contributed by atoms with E-state index in [0.717, 1.165) is 45.8 Å². The second-order valence-corrected chi connectivity index (χ2v) is 7.14. The number of halogens is 2. The van der Waals surface area contributed by atoms with E-state index in [9.17, 15) is 5.11 Å². The van der Waals surface area contributed by atoms with Crippen molar-refractivity contribution < 1.29 is 9.84 Å². The summed E-state index contributed by atoms with van der Waals surface area (Å²) < 4.78 is 7.00. The minimum Gasteiger partial charge on any atom is -0.489 e. The molecular formula is C18H19BrClNO2. The van der Waals surface area contributed by atoms with Crippen molar-refractivity contribution in [3.05, 3.63) is 63.1 Å². The van der Waals surface area contributed by atoms with Crippen LogP contribution in [0.15, 0.2) is 46.9 Å². The molecule has 3 rings (SSSR count). The molecule has 0 radical (unpaired) electrons. The van der Waals surface area contributed by atoms with Crippen molar-refractivity contribution in [3.63, 3.8) is 0 Å². The molecule has 23 heavy (non-hydrogen) atoms. The Kier molecular flexibility index (Phi) is 5.59. The SMILES string of the molecule is OC1CCN[C@@H]1Cc1cc(Br)ccc1OCc1ccc(Cl)cc1. The number of rotatable bonds is 5. The highest BCUT2D eigenvalue weighted by molar-refractivity contribution is 9.10. The van der Waals surface area contributed by atoms with Crippen LogP contribution in [0.1, 0.15) is 17.5 Å². The fraction of sp³-hybridized carbons (Fsp3) is 0.333. The van der Waals surface area contributed by atoms with Crippen LogP contribution in [0.4, 0.5) is 0 Å². The number of hydrogen-bond donors (Lipinski definition) is 2. The quantitative estimate of drug-likeness (QED) is 0.804. The lowest BCUT2D eigenvalue weighted by atomic mass is 10.0. The molecule has 0 aliphatic carbocycles. The van der Waals surface area contributed by atoms with Crippen LogP contribution in [0, 0.1) is 0 Å². The molecular weight excluding hydrogens is 378 g/mol. The van der Waals surface area contributed by atoms with Crippen LogP contribution in [-0.2, 0) is 13.0 Å². The summed E-state index contributed by atoms with van der Waals surface area (Å²) in [7, 11) is 0. The summed E-state index contributed by atoms with van der Waals surface area (Å²) in [6, 6.07) is 13.7. The molecule has 2 atom stereocenters. The van der Waals surface area contributed by atoms with Crippen molar-refractivity contribution in [2.45, 2.75) is 31.6 Å². The van der Waals surface area contributed by atoms with Crippen molar-refractivity contribution in [1.29, 1.82) is 0 Å². The van der Waals surface area contributed by atoms with E-state index in [1.807, 2.05) is 36.4 Å². The molecule has 1 unspecified atom stereocenters. The Morgan fingerprint density at radius 3 is 2.70 bits per heavy atom. The molecule has 1 saturated heterocycles. The summed E-state index contributed by atoms with van der Waals surface area (Å²) in [5.74, 6) is 0.851. The molecule has 0 bridgehead atoms. The van der Waals surface area contributed by atoms with Crippen molar-refractivity contribution in [2.24, 2.45) is 0 Å². The molecule has 3 nitrogen and oxygen atoms in total. The Labute approximate surface area is 149 Å². The van der Waals surface area contributed by atoms with E-state index in [4.69, 9.17) is 16.3 Å². The van der Waals surface area contributed by atoms with E-state index in [-0.39, 0.29) is 12.1 Å². The zero-order valence-electron chi connectivity index (χ0n) is 12.6. The van der Waals surface area contributed by atoms with Gasteiger partial charge in [-0.15, -0.1) is 0 Å². The third kappa shape index (κ3) is 4.48. The van der Waals surface area contributed by atoms with Gasteiger partial charge in [0.25, 0.3) is 0 Å². The Balaban J connectivity index is 1.71. The Bertz CT molecular complexity index is 663. The van der Waals surface area contributed by atoms with Gasteiger partial charge in [-0.3, -0.25) is 0 Å². The van der Waals surface area contributed by atoms with Crippen molar-refractivity contribution in [3.8, 4) is 5.75 Å². The van der Waals surface area contributed by atoms with Crippen LogP contribution < -0.4 is 10.1 Å². The summed E-state index contributed by atoms with van der Waals surface area (Å²) >= 11 is 9.42. The van der Waals surface area contributed by atoms with Crippen LogP contribution >= 0.6 is 27.5 Å². The number of ether oxygens (including phenoxy) is 1. The number of benzene rings is 2. The van der Waals surface area contributed by atoms with E-state index < -0.39 is 0 Å². The first-order chi connectivity index (χ1) is 11.1. The number of aliphatic hydroxyl groups is 1. The van der Waals surface area contributed by atoms with Crippen LogP contribution in [0.25, 0.3) is 0 Å². The molecule has 1 aliphatic rings. The monoisotopic (exact) mass is 395 g/mol. The van der Waals surface area contributed by atoms with Gasteiger partial charge in [0.2, 0.25) is 0 Å². The standard InChI is InChI=1S/C18H19BrClNO2/c19-14-3-6-18(23-11-12-1-4-15(20)5-2-12)13(9-14)10-16-17(22)7-8-21-16/h1-6,9,16-17,21-22H,7-8,10-11H2/t16-,17?/m1/s1. The van der Waals surface area contributed by atoms with E-state index in [1.165, 1.54) is 0 Å². The predicted octanol–water partition coefficient (Wildman–Crippen LogP) is 3.95. The first-order valence-corrected chi connectivity index (χ1v) is 8.86. The molecule has 2 aromatic carbocycles. The number of nitrogens with one attached hydrogen (secondary N) is 1. The summed E-state index contributed by atoms with van der Waals surface area (Å²) in [6.07, 6.45) is 1.26. The van der Waals surface area contributed by atoms with Crippen LogP contribution in [0.3, 0.4) is 0 Å². The fourth-order valence-corrected chi connectivity index (χ4v) is 3.32. The third-order valence-electron chi connectivity index (χ3n) is 4.08. The van der Waals surface area contributed by atoms with E-state index in [1.54, 1.807) is 0 Å².